The normalized spacial score (nSPS) is 17.2. The molecule has 17 heavy (non-hydrogen) atoms. The monoisotopic (exact) mass is 237 g/mol. The minimum Gasteiger partial charge on any atom is -0.378 e. The average Bonchev–Trinajstić information content (AvgIpc) is 2.40. The molecule has 1 fully saturated rings. The van der Waals surface area contributed by atoms with Crippen LogP contribution in [0.5, 0.6) is 0 Å². The third-order valence-electron chi connectivity index (χ3n) is 2.94. The Balaban J connectivity index is 1.95. The maximum atomic E-state index is 5.62. The van der Waals surface area contributed by atoms with Crippen LogP contribution >= 0.6 is 0 Å². The van der Waals surface area contributed by atoms with E-state index in [2.05, 4.69) is 20.3 Å². The van der Waals surface area contributed by atoms with Crippen LogP contribution in [0.3, 0.4) is 0 Å². The molecule has 0 saturated carbocycles. The molecule has 3 N–H and O–H groups in total. The van der Waals surface area contributed by atoms with E-state index in [4.69, 9.17) is 10.6 Å². The van der Waals surface area contributed by atoms with E-state index >= 15 is 0 Å². The predicted molar refractivity (Wildman–Crippen MR) is 66.7 cm³/mol. The second-order valence-electron chi connectivity index (χ2n) is 4.05. The van der Waals surface area contributed by atoms with E-state index in [1.54, 1.807) is 12.4 Å². The van der Waals surface area contributed by atoms with Gasteiger partial charge in [0.25, 0.3) is 0 Å². The number of hydrogen-bond donors (Lipinski definition) is 2. The summed E-state index contributed by atoms with van der Waals surface area (Å²) in [6, 6.07) is 0. The summed E-state index contributed by atoms with van der Waals surface area (Å²) < 4.78 is 5.62. The largest absolute Gasteiger partial charge is 0.378 e. The lowest BCUT2D eigenvalue weighted by atomic mass is 10.1. The Morgan fingerprint density at radius 1 is 1.47 bits per heavy atom. The standard InChI is InChI=1S/C11H19N5O/c1-2-17-9-3-5-16(6-4-9)11-8-13-7-10(14-11)15-12/h7-9H,2-6,12H2,1H3,(H,14,15). The summed E-state index contributed by atoms with van der Waals surface area (Å²) in [6.45, 7) is 4.73. The Labute approximate surface area is 101 Å². The molecule has 1 saturated heterocycles. The van der Waals surface area contributed by atoms with Gasteiger partial charge in [-0.05, 0) is 19.8 Å². The van der Waals surface area contributed by atoms with Crippen LogP contribution in [0.1, 0.15) is 19.8 Å². The average molecular weight is 237 g/mol. The maximum absolute atomic E-state index is 5.62. The van der Waals surface area contributed by atoms with Crippen LogP contribution in [0.15, 0.2) is 12.4 Å². The van der Waals surface area contributed by atoms with E-state index < -0.39 is 0 Å². The van der Waals surface area contributed by atoms with E-state index in [9.17, 15) is 0 Å². The first-order valence-corrected chi connectivity index (χ1v) is 5.98. The van der Waals surface area contributed by atoms with Crippen LogP contribution in [0.4, 0.5) is 11.6 Å². The van der Waals surface area contributed by atoms with Crippen molar-refractivity contribution in [2.45, 2.75) is 25.9 Å². The molecule has 1 aromatic rings. The molecule has 1 aromatic heterocycles. The van der Waals surface area contributed by atoms with Crippen LogP contribution in [0, 0.1) is 0 Å². The third kappa shape index (κ3) is 3.04. The maximum Gasteiger partial charge on any atom is 0.160 e. The Morgan fingerprint density at radius 2 is 2.24 bits per heavy atom. The summed E-state index contributed by atoms with van der Waals surface area (Å²) in [5.74, 6) is 6.78. The Bertz CT molecular complexity index is 351. The summed E-state index contributed by atoms with van der Waals surface area (Å²) >= 11 is 0. The summed E-state index contributed by atoms with van der Waals surface area (Å²) in [4.78, 5) is 10.7. The number of hydrogen-bond acceptors (Lipinski definition) is 6. The predicted octanol–water partition coefficient (Wildman–Crippen LogP) is 0.767. The number of piperidine rings is 1. The van der Waals surface area contributed by atoms with Gasteiger partial charge in [0.15, 0.2) is 5.82 Å². The van der Waals surface area contributed by atoms with Crippen LogP contribution in [-0.4, -0.2) is 35.8 Å². The van der Waals surface area contributed by atoms with Crippen molar-refractivity contribution in [2.75, 3.05) is 30.0 Å². The molecule has 0 aromatic carbocycles. The molecule has 0 atom stereocenters. The van der Waals surface area contributed by atoms with E-state index in [-0.39, 0.29) is 0 Å². The summed E-state index contributed by atoms with van der Waals surface area (Å²) in [5, 5.41) is 0. The van der Waals surface area contributed by atoms with Crippen LogP contribution in [-0.2, 0) is 4.74 Å². The first-order chi connectivity index (χ1) is 8.33. The Hall–Kier alpha value is -1.40. The number of nitrogen functional groups attached to an aromatic ring is 1. The minimum absolute atomic E-state index is 0.389. The highest BCUT2D eigenvalue weighted by Gasteiger charge is 2.20. The Kier molecular flexibility index (Phi) is 4.11. The van der Waals surface area contributed by atoms with E-state index in [0.29, 0.717) is 11.9 Å². The number of nitrogens with one attached hydrogen (secondary N) is 1. The molecule has 0 amide bonds. The van der Waals surface area contributed by atoms with Gasteiger partial charge in [0.1, 0.15) is 5.82 Å². The van der Waals surface area contributed by atoms with Gasteiger partial charge in [-0.2, -0.15) is 0 Å². The molecular weight excluding hydrogens is 218 g/mol. The smallest absolute Gasteiger partial charge is 0.160 e. The van der Waals surface area contributed by atoms with Gasteiger partial charge < -0.3 is 15.1 Å². The number of anilines is 2. The number of nitrogens with zero attached hydrogens (tertiary/aromatic N) is 3. The van der Waals surface area contributed by atoms with Gasteiger partial charge in [0.05, 0.1) is 18.5 Å². The molecule has 0 radical (unpaired) electrons. The molecule has 0 unspecified atom stereocenters. The zero-order valence-corrected chi connectivity index (χ0v) is 10.1. The van der Waals surface area contributed by atoms with Gasteiger partial charge in [0.2, 0.25) is 0 Å². The topological polar surface area (TPSA) is 76.3 Å². The van der Waals surface area contributed by atoms with Crippen molar-refractivity contribution in [3.05, 3.63) is 12.4 Å². The fourth-order valence-corrected chi connectivity index (χ4v) is 2.06. The number of rotatable bonds is 4. The molecule has 6 heteroatoms. The summed E-state index contributed by atoms with van der Waals surface area (Å²) in [5.41, 5.74) is 2.51. The van der Waals surface area contributed by atoms with E-state index in [0.717, 1.165) is 38.4 Å². The van der Waals surface area contributed by atoms with Gasteiger partial charge in [-0.15, -0.1) is 0 Å². The number of hydrazine groups is 1. The number of ether oxygens (including phenoxy) is 1. The first-order valence-electron chi connectivity index (χ1n) is 5.98. The lowest BCUT2D eigenvalue weighted by Crippen LogP contribution is -2.37. The van der Waals surface area contributed by atoms with Crippen LogP contribution in [0.25, 0.3) is 0 Å². The van der Waals surface area contributed by atoms with Gasteiger partial charge in [-0.1, -0.05) is 0 Å². The van der Waals surface area contributed by atoms with E-state index in [1.165, 1.54) is 0 Å². The zero-order chi connectivity index (χ0) is 12.1. The molecule has 1 aliphatic heterocycles. The molecule has 0 aliphatic carbocycles. The zero-order valence-electron chi connectivity index (χ0n) is 10.1. The lowest BCUT2D eigenvalue weighted by Gasteiger charge is -2.32. The molecular formula is C11H19N5O. The van der Waals surface area contributed by atoms with Crippen molar-refractivity contribution in [1.29, 1.82) is 0 Å². The van der Waals surface area contributed by atoms with Crippen molar-refractivity contribution in [2.24, 2.45) is 5.84 Å². The van der Waals surface area contributed by atoms with Gasteiger partial charge in [0, 0.05) is 19.7 Å². The second kappa shape index (κ2) is 5.79. The fourth-order valence-electron chi connectivity index (χ4n) is 2.06. The molecule has 2 heterocycles. The van der Waals surface area contributed by atoms with Crippen molar-refractivity contribution in [1.82, 2.24) is 9.97 Å². The van der Waals surface area contributed by atoms with Gasteiger partial charge >= 0.3 is 0 Å². The summed E-state index contributed by atoms with van der Waals surface area (Å²) in [7, 11) is 0. The van der Waals surface area contributed by atoms with E-state index in [1.807, 2.05) is 6.92 Å². The fraction of sp³-hybridized carbons (Fsp3) is 0.636. The van der Waals surface area contributed by atoms with Crippen LogP contribution < -0.4 is 16.2 Å². The second-order valence-corrected chi connectivity index (χ2v) is 4.05. The van der Waals surface area contributed by atoms with Gasteiger partial charge in [-0.25, -0.2) is 10.8 Å². The highest BCUT2D eigenvalue weighted by molar-refractivity contribution is 5.43. The SMILES string of the molecule is CCOC1CCN(c2cncc(NN)n2)CC1. The van der Waals surface area contributed by atoms with Crippen LogP contribution in [0.2, 0.25) is 0 Å². The minimum atomic E-state index is 0.389. The quantitative estimate of drug-likeness (QED) is 0.595. The van der Waals surface area contributed by atoms with Crippen molar-refractivity contribution < 1.29 is 4.74 Å². The highest BCUT2D eigenvalue weighted by Crippen LogP contribution is 2.19. The number of aromatic nitrogens is 2. The lowest BCUT2D eigenvalue weighted by molar-refractivity contribution is 0.0458. The van der Waals surface area contributed by atoms with Crippen molar-refractivity contribution in [3.8, 4) is 0 Å². The third-order valence-corrected chi connectivity index (χ3v) is 2.94. The molecule has 94 valence electrons. The highest BCUT2D eigenvalue weighted by atomic mass is 16.5. The van der Waals surface area contributed by atoms with Crippen molar-refractivity contribution >= 4 is 11.6 Å². The van der Waals surface area contributed by atoms with Gasteiger partial charge in [-0.3, -0.25) is 4.98 Å². The molecule has 0 bridgehead atoms. The van der Waals surface area contributed by atoms with Crippen molar-refractivity contribution in [3.63, 3.8) is 0 Å². The number of nitrogens with two attached hydrogens (primary N) is 1. The molecule has 0 spiro atoms. The summed E-state index contributed by atoms with van der Waals surface area (Å²) in [6.07, 6.45) is 5.84. The Morgan fingerprint density at radius 3 is 2.88 bits per heavy atom. The molecule has 1 aliphatic rings. The molecule has 2 rings (SSSR count). The first kappa shape index (κ1) is 12.1. The molecule has 6 nitrogen and oxygen atoms in total.